The molecule has 0 saturated heterocycles. The number of halogens is 1. The number of anilines is 1. The number of carboxylic acid groups (broad SMARTS) is 1. The fourth-order valence-electron chi connectivity index (χ4n) is 1.73. The highest BCUT2D eigenvalue weighted by molar-refractivity contribution is 6.31. The Bertz CT molecular complexity index is 593. The molecule has 4 nitrogen and oxygen atoms in total. The molecule has 5 heteroatoms. The molecule has 2 aromatic carbocycles. The SMILES string of the molecule is O=C(O)c1ccccc1NCc1c(O)cccc1Cl. The molecule has 0 atom stereocenters. The van der Waals surface area contributed by atoms with E-state index in [0.717, 1.165) is 0 Å². The fourth-order valence-corrected chi connectivity index (χ4v) is 1.97. The number of phenolic OH excluding ortho intramolecular Hbond substituents is 1. The van der Waals surface area contributed by atoms with Gasteiger partial charge in [-0.25, -0.2) is 4.79 Å². The van der Waals surface area contributed by atoms with Crippen molar-refractivity contribution < 1.29 is 15.0 Å². The summed E-state index contributed by atoms with van der Waals surface area (Å²) in [6.45, 7) is 0.246. The number of carboxylic acids is 1. The summed E-state index contributed by atoms with van der Waals surface area (Å²) in [6.07, 6.45) is 0. The van der Waals surface area contributed by atoms with Crippen LogP contribution in [0.2, 0.25) is 5.02 Å². The van der Waals surface area contributed by atoms with Crippen molar-refractivity contribution in [2.45, 2.75) is 6.54 Å². The van der Waals surface area contributed by atoms with Gasteiger partial charge < -0.3 is 15.5 Å². The summed E-state index contributed by atoms with van der Waals surface area (Å²) in [6, 6.07) is 11.4. The Labute approximate surface area is 115 Å². The molecule has 0 fully saturated rings. The zero-order chi connectivity index (χ0) is 13.8. The molecule has 0 radical (unpaired) electrons. The van der Waals surface area contributed by atoms with Gasteiger partial charge in [0, 0.05) is 22.8 Å². The van der Waals surface area contributed by atoms with Crippen LogP contribution in [0.3, 0.4) is 0 Å². The molecular formula is C14H12ClNO3. The molecule has 2 aromatic rings. The van der Waals surface area contributed by atoms with Crippen molar-refractivity contribution in [2.75, 3.05) is 5.32 Å². The molecule has 0 amide bonds. The van der Waals surface area contributed by atoms with Gasteiger partial charge in [0.25, 0.3) is 0 Å². The number of carbonyl (C=O) groups is 1. The number of phenols is 1. The minimum atomic E-state index is -1.01. The third kappa shape index (κ3) is 2.98. The van der Waals surface area contributed by atoms with Crippen LogP contribution in [0.5, 0.6) is 5.75 Å². The van der Waals surface area contributed by atoms with E-state index in [-0.39, 0.29) is 17.9 Å². The lowest BCUT2D eigenvalue weighted by atomic mass is 10.1. The van der Waals surface area contributed by atoms with Crippen molar-refractivity contribution in [1.29, 1.82) is 0 Å². The average Bonchev–Trinajstić information content (AvgIpc) is 2.38. The largest absolute Gasteiger partial charge is 0.508 e. The maximum atomic E-state index is 11.1. The predicted octanol–water partition coefficient (Wildman–Crippen LogP) is 3.36. The zero-order valence-corrected chi connectivity index (χ0v) is 10.7. The number of para-hydroxylation sites is 1. The summed E-state index contributed by atoms with van der Waals surface area (Å²) in [4.78, 5) is 11.1. The average molecular weight is 278 g/mol. The predicted molar refractivity (Wildman–Crippen MR) is 73.8 cm³/mol. The normalized spacial score (nSPS) is 10.2. The smallest absolute Gasteiger partial charge is 0.337 e. The topological polar surface area (TPSA) is 69.6 Å². The van der Waals surface area contributed by atoms with Crippen LogP contribution in [-0.4, -0.2) is 16.2 Å². The highest BCUT2D eigenvalue weighted by Gasteiger charge is 2.10. The number of aromatic carboxylic acids is 1. The Morgan fingerprint density at radius 1 is 1.16 bits per heavy atom. The third-order valence-electron chi connectivity index (χ3n) is 2.71. The second kappa shape index (κ2) is 5.63. The van der Waals surface area contributed by atoms with Gasteiger partial charge in [-0.15, -0.1) is 0 Å². The monoisotopic (exact) mass is 277 g/mol. The first-order chi connectivity index (χ1) is 9.09. The van der Waals surface area contributed by atoms with E-state index in [1.54, 1.807) is 30.3 Å². The minimum absolute atomic E-state index is 0.0767. The lowest BCUT2D eigenvalue weighted by molar-refractivity contribution is 0.0698. The van der Waals surface area contributed by atoms with Crippen molar-refractivity contribution in [3.63, 3.8) is 0 Å². The van der Waals surface area contributed by atoms with Crippen LogP contribution in [-0.2, 0) is 6.54 Å². The van der Waals surface area contributed by atoms with Crippen LogP contribution in [0, 0.1) is 0 Å². The van der Waals surface area contributed by atoms with Crippen LogP contribution in [0.4, 0.5) is 5.69 Å². The summed E-state index contributed by atoms with van der Waals surface area (Å²) in [5.41, 5.74) is 1.19. The standard InChI is InChI=1S/C14H12ClNO3/c15-11-5-3-7-13(17)10(11)8-16-12-6-2-1-4-9(12)14(18)19/h1-7,16-17H,8H2,(H,18,19). The van der Waals surface area contributed by atoms with Crippen molar-refractivity contribution >= 4 is 23.3 Å². The molecule has 0 aliphatic rings. The highest BCUT2D eigenvalue weighted by Crippen LogP contribution is 2.26. The van der Waals surface area contributed by atoms with Crippen LogP contribution >= 0.6 is 11.6 Å². The van der Waals surface area contributed by atoms with E-state index >= 15 is 0 Å². The summed E-state index contributed by atoms with van der Waals surface area (Å²) in [5, 5.41) is 22.2. The molecule has 98 valence electrons. The number of nitrogens with one attached hydrogen (secondary N) is 1. The zero-order valence-electron chi connectivity index (χ0n) is 9.93. The molecule has 0 spiro atoms. The second-order valence-electron chi connectivity index (χ2n) is 3.94. The van der Waals surface area contributed by atoms with Gasteiger partial charge in [0.1, 0.15) is 5.75 Å². The highest BCUT2D eigenvalue weighted by atomic mass is 35.5. The van der Waals surface area contributed by atoms with E-state index in [4.69, 9.17) is 16.7 Å². The first kappa shape index (κ1) is 13.2. The van der Waals surface area contributed by atoms with Crippen LogP contribution in [0.15, 0.2) is 42.5 Å². The maximum absolute atomic E-state index is 11.1. The van der Waals surface area contributed by atoms with Crippen molar-refractivity contribution in [3.8, 4) is 5.75 Å². The van der Waals surface area contributed by atoms with E-state index in [9.17, 15) is 9.90 Å². The van der Waals surface area contributed by atoms with Gasteiger partial charge in [-0.05, 0) is 24.3 Å². The van der Waals surface area contributed by atoms with E-state index in [2.05, 4.69) is 5.32 Å². The van der Waals surface area contributed by atoms with Gasteiger partial charge in [0.2, 0.25) is 0 Å². The van der Waals surface area contributed by atoms with Gasteiger partial charge in [0.15, 0.2) is 0 Å². The summed E-state index contributed by atoms with van der Waals surface area (Å²) >= 11 is 5.98. The first-order valence-corrected chi connectivity index (χ1v) is 6.00. The second-order valence-corrected chi connectivity index (χ2v) is 4.35. The first-order valence-electron chi connectivity index (χ1n) is 5.62. The van der Waals surface area contributed by atoms with Crippen molar-refractivity contribution in [2.24, 2.45) is 0 Å². The Morgan fingerprint density at radius 2 is 1.89 bits per heavy atom. The van der Waals surface area contributed by atoms with Crippen molar-refractivity contribution in [1.82, 2.24) is 0 Å². The quantitative estimate of drug-likeness (QED) is 0.801. The van der Waals surface area contributed by atoms with Gasteiger partial charge >= 0.3 is 5.97 Å². The maximum Gasteiger partial charge on any atom is 0.337 e. The van der Waals surface area contributed by atoms with Gasteiger partial charge in [-0.3, -0.25) is 0 Å². The van der Waals surface area contributed by atoms with Gasteiger partial charge in [-0.2, -0.15) is 0 Å². The number of rotatable bonds is 4. The van der Waals surface area contributed by atoms with E-state index in [1.807, 2.05) is 0 Å². The Kier molecular flexibility index (Phi) is 3.92. The molecule has 3 N–H and O–H groups in total. The molecule has 0 saturated carbocycles. The number of aromatic hydroxyl groups is 1. The fraction of sp³-hybridized carbons (Fsp3) is 0.0714. The van der Waals surface area contributed by atoms with Crippen LogP contribution in [0.1, 0.15) is 15.9 Å². The Balaban J connectivity index is 2.22. The lowest BCUT2D eigenvalue weighted by Gasteiger charge is -2.11. The van der Waals surface area contributed by atoms with E-state index in [0.29, 0.717) is 16.3 Å². The molecule has 0 aliphatic heterocycles. The number of benzene rings is 2. The van der Waals surface area contributed by atoms with Gasteiger partial charge in [0.05, 0.1) is 5.56 Å². The van der Waals surface area contributed by atoms with Gasteiger partial charge in [-0.1, -0.05) is 29.8 Å². The molecule has 2 rings (SSSR count). The third-order valence-corrected chi connectivity index (χ3v) is 3.06. The van der Waals surface area contributed by atoms with E-state index < -0.39 is 5.97 Å². The van der Waals surface area contributed by atoms with Crippen molar-refractivity contribution in [3.05, 3.63) is 58.6 Å². The molecule has 19 heavy (non-hydrogen) atoms. The lowest BCUT2D eigenvalue weighted by Crippen LogP contribution is -2.06. The molecular weight excluding hydrogens is 266 g/mol. The summed E-state index contributed by atoms with van der Waals surface area (Å²) in [7, 11) is 0. The minimum Gasteiger partial charge on any atom is -0.508 e. The summed E-state index contributed by atoms with van der Waals surface area (Å²) in [5.74, 6) is -0.931. The number of hydrogen-bond acceptors (Lipinski definition) is 3. The van der Waals surface area contributed by atoms with Crippen LogP contribution in [0.25, 0.3) is 0 Å². The summed E-state index contributed by atoms with van der Waals surface area (Å²) < 4.78 is 0. The Morgan fingerprint density at radius 3 is 2.58 bits per heavy atom. The molecule has 0 unspecified atom stereocenters. The molecule has 0 aliphatic carbocycles. The molecule has 0 bridgehead atoms. The van der Waals surface area contributed by atoms with E-state index in [1.165, 1.54) is 12.1 Å². The van der Waals surface area contributed by atoms with Crippen LogP contribution < -0.4 is 5.32 Å². The Hall–Kier alpha value is -2.20. The molecule has 0 aromatic heterocycles. The number of hydrogen-bond donors (Lipinski definition) is 3. The molecule has 0 heterocycles.